The number of H-pyrrole nitrogens is 1. The summed E-state index contributed by atoms with van der Waals surface area (Å²) in [6, 6.07) is 0. The van der Waals surface area contributed by atoms with Gasteiger partial charge in [0.2, 0.25) is 15.0 Å². The first kappa shape index (κ1) is 12.6. The average Bonchev–Trinajstić information content (AvgIpc) is 2.76. The lowest BCUT2D eigenvalue weighted by atomic mass is 10.4. The highest BCUT2D eigenvalue weighted by atomic mass is 32.2. The predicted molar refractivity (Wildman–Crippen MR) is 63.4 cm³/mol. The fraction of sp³-hybridized carbons (Fsp3) is 0.400. The van der Waals surface area contributed by atoms with Gasteiger partial charge in [-0.15, -0.1) is 0 Å². The van der Waals surface area contributed by atoms with Crippen molar-refractivity contribution in [2.75, 3.05) is 0 Å². The standard InChI is InChI=1S/C10H13N5O2S/c1-3-8-13-9(15-14-8)6-18(16,17)10-11-4-7(2)5-12-10/h4-5H,3,6H2,1-2H3,(H,13,14,15). The molecule has 0 bridgehead atoms. The number of nitrogens with one attached hydrogen (secondary N) is 1. The second-order valence-electron chi connectivity index (χ2n) is 3.85. The van der Waals surface area contributed by atoms with Gasteiger partial charge in [-0.3, -0.25) is 5.10 Å². The molecule has 96 valence electrons. The fourth-order valence-electron chi connectivity index (χ4n) is 1.34. The summed E-state index contributed by atoms with van der Waals surface area (Å²) in [5.74, 6) is 0.615. The maximum Gasteiger partial charge on any atom is 0.247 e. The van der Waals surface area contributed by atoms with E-state index in [2.05, 4.69) is 25.1 Å². The van der Waals surface area contributed by atoms with Crippen LogP contribution in [0.1, 0.15) is 24.1 Å². The molecule has 2 aromatic heterocycles. The molecule has 0 aromatic carbocycles. The van der Waals surface area contributed by atoms with Crippen LogP contribution >= 0.6 is 0 Å². The van der Waals surface area contributed by atoms with E-state index in [1.807, 2.05) is 6.92 Å². The van der Waals surface area contributed by atoms with Crippen LogP contribution in [0.3, 0.4) is 0 Å². The Morgan fingerprint density at radius 3 is 2.50 bits per heavy atom. The van der Waals surface area contributed by atoms with E-state index in [9.17, 15) is 8.42 Å². The van der Waals surface area contributed by atoms with Crippen molar-refractivity contribution in [1.82, 2.24) is 25.1 Å². The van der Waals surface area contributed by atoms with Crippen LogP contribution in [0.25, 0.3) is 0 Å². The number of rotatable bonds is 4. The van der Waals surface area contributed by atoms with Crippen LogP contribution < -0.4 is 0 Å². The monoisotopic (exact) mass is 267 g/mol. The van der Waals surface area contributed by atoms with Crippen molar-refractivity contribution in [2.24, 2.45) is 0 Å². The van der Waals surface area contributed by atoms with Crippen LogP contribution in [0.4, 0.5) is 0 Å². The van der Waals surface area contributed by atoms with E-state index >= 15 is 0 Å². The van der Waals surface area contributed by atoms with Crippen molar-refractivity contribution in [3.63, 3.8) is 0 Å². The van der Waals surface area contributed by atoms with Crippen molar-refractivity contribution in [2.45, 2.75) is 31.2 Å². The molecule has 0 unspecified atom stereocenters. The van der Waals surface area contributed by atoms with E-state index in [4.69, 9.17) is 0 Å². The van der Waals surface area contributed by atoms with E-state index in [-0.39, 0.29) is 10.9 Å². The first-order valence-corrected chi connectivity index (χ1v) is 7.08. The van der Waals surface area contributed by atoms with Gasteiger partial charge in [-0.25, -0.2) is 23.4 Å². The highest BCUT2D eigenvalue weighted by molar-refractivity contribution is 7.90. The summed E-state index contributed by atoms with van der Waals surface area (Å²) in [4.78, 5) is 11.7. The third-order valence-corrected chi connectivity index (χ3v) is 3.68. The van der Waals surface area contributed by atoms with Crippen molar-refractivity contribution < 1.29 is 8.42 Å². The van der Waals surface area contributed by atoms with Crippen LogP contribution in [-0.4, -0.2) is 33.6 Å². The SMILES string of the molecule is CCc1n[nH]c(CS(=O)(=O)c2ncc(C)cn2)n1. The summed E-state index contributed by atoms with van der Waals surface area (Å²) in [6.07, 6.45) is 3.59. The quantitative estimate of drug-likeness (QED) is 0.806. The molecular weight excluding hydrogens is 254 g/mol. The number of nitrogens with zero attached hydrogens (tertiary/aromatic N) is 4. The van der Waals surface area contributed by atoms with Gasteiger partial charge in [0.15, 0.2) is 0 Å². The Labute approximate surface area is 105 Å². The van der Waals surface area contributed by atoms with Crippen LogP contribution in [0.5, 0.6) is 0 Å². The largest absolute Gasteiger partial charge is 0.262 e. The van der Waals surface area contributed by atoms with E-state index in [1.165, 1.54) is 12.4 Å². The zero-order valence-electron chi connectivity index (χ0n) is 10.1. The highest BCUT2D eigenvalue weighted by Gasteiger charge is 2.20. The number of aromatic nitrogens is 5. The smallest absolute Gasteiger partial charge is 0.247 e. The first-order chi connectivity index (χ1) is 8.51. The molecule has 18 heavy (non-hydrogen) atoms. The van der Waals surface area contributed by atoms with E-state index in [1.54, 1.807) is 6.92 Å². The lowest BCUT2D eigenvalue weighted by Gasteiger charge is -2.00. The molecule has 2 aromatic rings. The van der Waals surface area contributed by atoms with Gasteiger partial charge in [-0.1, -0.05) is 6.92 Å². The van der Waals surface area contributed by atoms with Gasteiger partial charge >= 0.3 is 0 Å². The molecule has 0 spiro atoms. The molecule has 1 N–H and O–H groups in total. The van der Waals surface area contributed by atoms with Crippen molar-refractivity contribution in [3.05, 3.63) is 29.6 Å². The number of aromatic amines is 1. The van der Waals surface area contributed by atoms with Crippen molar-refractivity contribution in [1.29, 1.82) is 0 Å². The summed E-state index contributed by atoms with van der Waals surface area (Å²) >= 11 is 0. The maximum absolute atomic E-state index is 12.0. The molecule has 7 nitrogen and oxygen atoms in total. The summed E-state index contributed by atoms with van der Waals surface area (Å²) in [5, 5.41) is 6.29. The van der Waals surface area contributed by atoms with Gasteiger partial charge in [-0.2, -0.15) is 5.10 Å². The van der Waals surface area contributed by atoms with Crippen LogP contribution in [0.15, 0.2) is 17.6 Å². The minimum Gasteiger partial charge on any atom is -0.262 e. The Bertz CT molecular complexity index is 633. The highest BCUT2D eigenvalue weighted by Crippen LogP contribution is 2.09. The predicted octanol–water partition coefficient (Wildman–Crippen LogP) is 0.439. The Hall–Kier alpha value is -1.83. The second-order valence-corrected chi connectivity index (χ2v) is 5.74. The van der Waals surface area contributed by atoms with Gasteiger partial charge < -0.3 is 0 Å². The van der Waals surface area contributed by atoms with E-state index < -0.39 is 9.84 Å². The molecule has 0 aliphatic carbocycles. The molecule has 8 heteroatoms. The third kappa shape index (κ3) is 2.70. The second kappa shape index (κ2) is 4.81. The number of hydrogen-bond acceptors (Lipinski definition) is 6. The summed E-state index contributed by atoms with van der Waals surface area (Å²) in [5.41, 5.74) is 0.807. The van der Waals surface area contributed by atoms with Gasteiger partial charge in [0.1, 0.15) is 17.4 Å². The van der Waals surface area contributed by atoms with Crippen LogP contribution in [-0.2, 0) is 22.0 Å². The summed E-state index contributed by atoms with van der Waals surface area (Å²) < 4.78 is 24.0. The van der Waals surface area contributed by atoms with Gasteiger partial charge in [0.05, 0.1) is 0 Å². The molecule has 0 saturated carbocycles. The molecule has 2 heterocycles. The van der Waals surface area contributed by atoms with Crippen LogP contribution in [0, 0.1) is 6.92 Å². The number of hydrogen-bond donors (Lipinski definition) is 1. The molecule has 0 fully saturated rings. The van der Waals surface area contributed by atoms with Gasteiger partial charge in [0, 0.05) is 18.8 Å². The Kier molecular flexibility index (Phi) is 3.37. The number of aryl methyl sites for hydroxylation is 2. The van der Waals surface area contributed by atoms with Gasteiger partial charge in [-0.05, 0) is 12.5 Å². The zero-order valence-corrected chi connectivity index (χ0v) is 10.9. The summed E-state index contributed by atoms with van der Waals surface area (Å²) in [7, 11) is -3.58. The van der Waals surface area contributed by atoms with Gasteiger partial charge in [0.25, 0.3) is 0 Å². The van der Waals surface area contributed by atoms with E-state index in [0.717, 1.165) is 5.56 Å². The van der Waals surface area contributed by atoms with Crippen LogP contribution in [0.2, 0.25) is 0 Å². The molecule has 0 aliphatic heterocycles. The normalized spacial score (nSPS) is 11.7. The molecule has 0 radical (unpaired) electrons. The molecule has 0 aliphatic rings. The van der Waals surface area contributed by atoms with Crippen molar-refractivity contribution in [3.8, 4) is 0 Å². The molecule has 0 saturated heterocycles. The van der Waals surface area contributed by atoms with Crippen molar-refractivity contribution >= 4 is 9.84 Å². The Morgan fingerprint density at radius 2 is 1.94 bits per heavy atom. The minimum absolute atomic E-state index is 0.192. The molecule has 2 rings (SSSR count). The molecule has 0 amide bonds. The average molecular weight is 267 g/mol. The molecule has 0 atom stereocenters. The Balaban J connectivity index is 2.24. The first-order valence-electron chi connectivity index (χ1n) is 5.43. The summed E-state index contributed by atoms with van der Waals surface area (Å²) in [6.45, 7) is 3.69. The Morgan fingerprint density at radius 1 is 1.28 bits per heavy atom. The van der Waals surface area contributed by atoms with E-state index in [0.29, 0.717) is 18.1 Å². The lowest BCUT2D eigenvalue weighted by Crippen LogP contribution is -2.10. The number of sulfone groups is 1. The fourth-order valence-corrected chi connectivity index (χ4v) is 2.39. The molecular formula is C10H13N5O2S. The third-order valence-electron chi connectivity index (χ3n) is 2.26. The maximum atomic E-state index is 12.0. The zero-order chi connectivity index (χ0) is 13.2. The lowest BCUT2D eigenvalue weighted by molar-refractivity contribution is 0.584. The topological polar surface area (TPSA) is 101 Å². The minimum atomic E-state index is -3.58.